The maximum atomic E-state index is 11.9. The molecule has 3 nitrogen and oxygen atoms in total. The van der Waals surface area contributed by atoms with E-state index >= 15 is 0 Å². The first-order valence-electron chi connectivity index (χ1n) is 10.0. The van der Waals surface area contributed by atoms with Gasteiger partial charge in [0.1, 0.15) is 6.61 Å². The van der Waals surface area contributed by atoms with E-state index in [-0.39, 0.29) is 25.1 Å². The van der Waals surface area contributed by atoms with Crippen LogP contribution in [-0.4, -0.2) is 24.3 Å². The molecule has 0 heterocycles. The highest BCUT2D eigenvalue weighted by Crippen LogP contribution is 2.42. The van der Waals surface area contributed by atoms with E-state index in [9.17, 15) is 4.79 Å². The van der Waals surface area contributed by atoms with Crippen molar-refractivity contribution < 1.29 is 14.6 Å². The first-order chi connectivity index (χ1) is 11.2. The lowest BCUT2D eigenvalue weighted by Gasteiger charge is -2.37. The second-order valence-electron chi connectivity index (χ2n) is 7.78. The van der Waals surface area contributed by atoms with Gasteiger partial charge in [-0.05, 0) is 56.3 Å². The molecule has 2 rings (SSSR count). The maximum Gasteiger partial charge on any atom is 0.309 e. The highest BCUT2D eigenvalue weighted by molar-refractivity contribution is 5.72. The summed E-state index contributed by atoms with van der Waals surface area (Å²) in [6.45, 7) is 2.37. The summed E-state index contributed by atoms with van der Waals surface area (Å²) in [5.74, 6) is 2.74. The predicted molar refractivity (Wildman–Crippen MR) is 93.1 cm³/mol. The Morgan fingerprint density at radius 2 is 1.57 bits per heavy atom. The zero-order valence-corrected chi connectivity index (χ0v) is 15.0. The number of carbonyl (C=O) groups excluding carboxylic acids is 1. The average Bonchev–Trinajstić information content (AvgIpc) is 2.61. The number of rotatable bonds is 8. The summed E-state index contributed by atoms with van der Waals surface area (Å²) < 4.78 is 5.08. The summed E-state index contributed by atoms with van der Waals surface area (Å²) in [5, 5.41) is 8.74. The van der Waals surface area contributed by atoms with Crippen LogP contribution in [0.2, 0.25) is 0 Å². The van der Waals surface area contributed by atoms with Crippen LogP contribution in [-0.2, 0) is 9.53 Å². The lowest BCUT2D eigenvalue weighted by molar-refractivity contribution is -0.151. The van der Waals surface area contributed by atoms with Gasteiger partial charge < -0.3 is 9.84 Å². The molecule has 134 valence electrons. The zero-order valence-electron chi connectivity index (χ0n) is 15.0. The fraction of sp³-hybridized carbons (Fsp3) is 0.950. The maximum absolute atomic E-state index is 11.9. The molecule has 0 atom stereocenters. The van der Waals surface area contributed by atoms with Gasteiger partial charge in [-0.1, -0.05) is 45.4 Å². The summed E-state index contributed by atoms with van der Waals surface area (Å²) in [4.78, 5) is 11.9. The van der Waals surface area contributed by atoms with Crippen molar-refractivity contribution in [3.05, 3.63) is 0 Å². The molecule has 0 aromatic heterocycles. The van der Waals surface area contributed by atoms with Gasteiger partial charge in [-0.2, -0.15) is 0 Å². The fourth-order valence-corrected chi connectivity index (χ4v) is 4.72. The van der Waals surface area contributed by atoms with Crippen LogP contribution < -0.4 is 0 Å². The van der Waals surface area contributed by atoms with Crippen molar-refractivity contribution in [1.82, 2.24) is 0 Å². The van der Waals surface area contributed by atoms with Gasteiger partial charge in [0.25, 0.3) is 0 Å². The second kappa shape index (κ2) is 10.3. The standard InChI is InChI=1S/C20H36O3/c1-2-3-4-5-16-6-8-17(9-7-16)18-10-12-19(13-11-18)20(22)23-15-14-21/h16-19,21H,2-15H2,1H3. The Labute approximate surface area is 142 Å². The van der Waals surface area contributed by atoms with Gasteiger partial charge in [-0.3, -0.25) is 4.79 Å². The van der Waals surface area contributed by atoms with E-state index in [1.54, 1.807) is 0 Å². The van der Waals surface area contributed by atoms with E-state index in [0.717, 1.165) is 30.6 Å². The number of hydrogen-bond donors (Lipinski definition) is 1. The Hall–Kier alpha value is -0.570. The number of aliphatic hydroxyl groups excluding tert-OH is 1. The normalized spacial score (nSPS) is 31.7. The number of hydrogen-bond acceptors (Lipinski definition) is 3. The van der Waals surface area contributed by atoms with E-state index in [0.29, 0.717) is 0 Å². The van der Waals surface area contributed by atoms with Gasteiger partial charge in [0.2, 0.25) is 0 Å². The van der Waals surface area contributed by atoms with E-state index in [1.807, 2.05) is 0 Å². The largest absolute Gasteiger partial charge is 0.463 e. The van der Waals surface area contributed by atoms with E-state index in [4.69, 9.17) is 9.84 Å². The highest BCUT2D eigenvalue weighted by Gasteiger charge is 2.33. The summed E-state index contributed by atoms with van der Waals surface area (Å²) in [7, 11) is 0. The Morgan fingerprint density at radius 3 is 2.13 bits per heavy atom. The van der Waals surface area contributed by atoms with Gasteiger partial charge >= 0.3 is 5.97 Å². The smallest absolute Gasteiger partial charge is 0.309 e. The van der Waals surface area contributed by atoms with E-state index in [2.05, 4.69) is 6.92 Å². The molecule has 0 amide bonds. The molecule has 2 aliphatic rings. The van der Waals surface area contributed by atoms with Gasteiger partial charge in [0.15, 0.2) is 0 Å². The van der Waals surface area contributed by atoms with Gasteiger partial charge in [-0.15, -0.1) is 0 Å². The molecular weight excluding hydrogens is 288 g/mol. The lowest BCUT2D eigenvalue weighted by atomic mass is 9.68. The topological polar surface area (TPSA) is 46.5 Å². The molecule has 0 bridgehead atoms. The number of esters is 1. The van der Waals surface area contributed by atoms with Crippen LogP contribution in [0.4, 0.5) is 0 Å². The molecule has 2 saturated carbocycles. The van der Waals surface area contributed by atoms with Crippen LogP contribution in [0, 0.1) is 23.7 Å². The molecule has 0 radical (unpaired) electrons. The summed E-state index contributed by atoms with van der Waals surface area (Å²) >= 11 is 0. The minimum atomic E-state index is -0.0860. The summed E-state index contributed by atoms with van der Waals surface area (Å²) in [5.41, 5.74) is 0. The quantitative estimate of drug-likeness (QED) is 0.519. The van der Waals surface area contributed by atoms with Gasteiger partial charge in [0, 0.05) is 0 Å². The predicted octanol–water partition coefficient (Wildman–Crippen LogP) is 4.72. The molecular formula is C20H36O3. The van der Waals surface area contributed by atoms with Crippen LogP contribution in [0.1, 0.15) is 84.0 Å². The molecule has 1 N–H and O–H groups in total. The van der Waals surface area contributed by atoms with Crippen LogP contribution in [0.25, 0.3) is 0 Å². The SMILES string of the molecule is CCCCCC1CCC(C2CCC(C(=O)OCCO)CC2)CC1. The van der Waals surface area contributed by atoms with Crippen LogP contribution in [0.15, 0.2) is 0 Å². The van der Waals surface area contributed by atoms with Crippen LogP contribution in [0.3, 0.4) is 0 Å². The molecule has 2 fully saturated rings. The number of unbranched alkanes of at least 4 members (excludes halogenated alkanes) is 2. The molecule has 2 aliphatic carbocycles. The molecule has 0 spiro atoms. The highest BCUT2D eigenvalue weighted by atomic mass is 16.5. The molecule has 0 unspecified atom stereocenters. The Morgan fingerprint density at radius 1 is 0.957 bits per heavy atom. The van der Waals surface area contributed by atoms with E-state index < -0.39 is 0 Å². The second-order valence-corrected chi connectivity index (χ2v) is 7.78. The zero-order chi connectivity index (χ0) is 16.5. The van der Waals surface area contributed by atoms with E-state index in [1.165, 1.54) is 64.2 Å². The first-order valence-corrected chi connectivity index (χ1v) is 10.0. The molecule has 0 aromatic rings. The molecule has 0 saturated heterocycles. The Bertz CT molecular complexity index is 326. The Kier molecular flexibility index (Phi) is 8.43. The van der Waals surface area contributed by atoms with Crippen molar-refractivity contribution >= 4 is 5.97 Å². The third-order valence-electron chi connectivity index (χ3n) is 6.21. The average molecular weight is 325 g/mol. The first kappa shape index (κ1) is 18.8. The van der Waals surface area contributed by atoms with Crippen LogP contribution in [0.5, 0.6) is 0 Å². The van der Waals surface area contributed by atoms with Crippen LogP contribution >= 0.6 is 0 Å². The lowest BCUT2D eigenvalue weighted by Crippen LogP contribution is -2.29. The van der Waals surface area contributed by atoms with Crippen molar-refractivity contribution in [3.63, 3.8) is 0 Å². The number of aliphatic hydroxyl groups is 1. The molecule has 23 heavy (non-hydrogen) atoms. The third kappa shape index (κ3) is 6.10. The summed E-state index contributed by atoms with van der Waals surface area (Å²) in [6.07, 6.45) is 15.7. The van der Waals surface area contributed by atoms with Crippen molar-refractivity contribution in [2.45, 2.75) is 84.0 Å². The number of carbonyl (C=O) groups is 1. The van der Waals surface area contributed by atoms with Crippen molar-refractivity contribution in [2.24, 2.45) is 23.7 Å². The monoisotopic (exact) mass is 324 g/mol. The Balaban J connectivity index is 1.63. The van der Waals surface area contributed by atoms with Gasteiger partial charge in [0.05, 0.1) is 12.5 Å². The van der Waals surface area contributed by atoms with Crippen molar-refractivity contribution in [1.29, 1.82) is 0 Å². The van der Waals surface area contributed by atoms with Crippen molar-refractivity contribution in [2.75, 3.05) is 13.2 Å². The summed E-state index contributed by atoms with van der Waals surface area (Å²) in [6, 6.07) is 0. The van der Waals surface area contributed by atoms with Crippen molar-refractivity contribution in [3.8, 4) is 0 Å². The number of ether oxygens (including phenoxy) is 1. The minimum Gasteiger partial charge on any atom is -0.463 e. The van der Waals surface area contributed by atoms with Gasteiger partial charge in [-0.25, -0.2) is 0 Å². The fourth-order valence-electron chi connectivity index (χ4n) is 4.72. The third-order valence-corrected chi connectivity index (χ3v) is 6.21. The molecule has 0 aliphatic heterocycles. The molecule has 0 aromatic carbocycles. The minimum absolute atomic E-state index is 0.0669. The molecule has 3 heteroatoms.